The van der Waals surface area contributed by atoms with Crippen LogP contribution in [0, 0.1) is 0 Å². The summed E-state index contributed by atoms with van der Waals surface area (Å²) in [6.45, 7) is 2.21. The van der Waals surface area contributed by atoms with Gasteiger partial charge in [-0.15, -0.1) is 0 Å². The first-order chi connectivity index (χ1) is 6.86. The Morgan fingerprint density at radius 2 is 2.36 bits per heavy atom. The highest BCUT2D eigenvalue weighted by molar-refractivity contribution is 5.00. The molecular weight excluding hydrogens is 176 g/mol. The Labute approximate surface area is 85.6 Å². The number of furan rings is 1. The molecule has 0 saturated carbocycles. The Bertz CT molecular complexity index is 221. The van der Waals surface area contributed by atoms with E-state index in [1.807, 2.05) is 12.1 Å². The maximum absolute atomic E-state index is 5.48. The predicted molar refractivity (Wildman–Crippen MR) is 57.7 cm³/mol. The quantitative estimate of drug-likeness (QED) is 0.399. The van der Waals surface area contributed by atoms with Crippen molar-refractivity contribution in [1.82, 2.24) is 5.43 Å². The SMILES string of the molecule is CCCCCC(Cc1ccco1)NN. The van der Waals surface area contributed by atoms with Crippen molar-refractivity contribution < 1.29 is 4.42 Å². The fraction of sp³-hybridized carbons (Fsp3) is 0.636. The van der Waals surface area contributed by atoms with Crippen molar-refractivity contribution in [3.8, 4) is 0 Å². The van der Waals surface area contributed by atoms with Crippen LogP contribution in [-0.4, -0.2) is 6.04 Å². The van der Waals surface area contributed by atoms with Gasteiger partial charge in [0.05, 0.1) is 6.26 Å². The van der Waals surface area contributed by atoms with E-state index in [0.29, 0.717) is 6.04 Å². The molecule has 0 bridgehead atoms. The first-order valence-corrected chi connectivity index (χ1v) is 5.35. The normalized spacial score (nSPS) is 13.0. The first-order valence-electron chi connectivity index (χ1n) is 5.35. The summed E-state index contributed by atoms with van der Waals surface area (Å²) in [5.41, 5.74) is 2.84. The molecule has 14 heavy (non-hydrogen) atoms. The van der Waals surface area contributed by atoms with Crippen LogP contribution in [0.1, 0.15) is 38.4 Å². The summed E-state index contributed by atoms with van der Waals surface area (Å²) >= 11 is 0. The molecule has 0 aliphatic carbocycles. The van der Waals surface area contributed by atoms with Gasteiger partial charge in [-0.25, -0.2) is 0 Å². The Morgan fingerprint density at radius 1 is 1.50 bits per heavy atom. The zero-order chi connectivity index (χ0) is 10.2. The molecular formula is C11H20N2O. The second-order valence-corrected chi connectivity index (χ2v) is 3.64. The monoisotopic (exact) mass is 196 g/mol. The van der Waals surface area contributed by atoms with E-state index in [2.05, 4.69) is 12.3 Å². The molecule has 3 N–H and O–H groups in total. The molecule has 1 aromatic rings. The number of nitrogens with one attached hydrogen (secondary N) is 1. The van der Waals surface area contributed by atoms with Crippen LogP contribution in [0.25, 0.3) is 0 Å². The smallest absolute Gasteiger partial charge is 0.105 e. The van der Waals surface area contributed by atoms with Gasteiger partial charge in [0, 0.05) is 12.5 Å². The third-order valence-corrected chi connectivity index (χ3v) is 2.42. The van der Waals surface area contributed by atoms with Gasteiger partial charge in [0.2, 0.25) is 0 Å². The van der Waals surface area contributed by atoms with Gasteiger partial charge in [-0.1, -0.05) is 26.2 Å². The van der Waals surface area contributed by atoms with Crippen molar-refractivity contribution in [3.63, 3.8) is 0 Å². The molecule has 3 nitrogen and oxygen atoms in total. The van der Waals surface area contributed by atoms with Gasteiger partial charge >= 0.3 is 0 Å². The first kappa shape index (κ1) is 11.3. The van der Waals surface area contributed by atoms with E-state index in [4.69, 9.17) is 10.3 Å². The highest BCUT2D eigenvalue weighted by Gasteiger charge is 2.08. The fourth-order valence-electron chi connectivity index (χ4n) is 1.56. The molecule has 0 radical (unpaired) electrons. The van der Waals surface area contributed by atoms with E-state index in [1.165, 1.54) is 19.3 Å². The molecule has 0 amide bonds. The van der Waals surface area contributed by atoms with Gasteiger partial charge in [-0.2, -0.15) is 0 Å². The number of hydrazine groups is 1. The summed E-state index contributed by atoms with van der Waals surface area (Å²) in [7, 11) is 0. The third-order valence-electron chi connectivity index (χ3n) is 2.42. The number of unbranched alkanes of at least 4 members (excludes halogenated alkanes) is 2. The molecule has 0 spiro atoms. The van der Waals surface area contributed by atoms with Gasteiger partial charge in [-0.3, -0.25) is 11.3 Å². The largest absolute Gasteiger partial charge is 0.469 e. The Balaban J connectivity index is 2.24. The zero-order valence-corrected chi connectivity index (χ0v) is 8.83. The molecule has 0 aromatic carbocycles. The molecule has 0 saturated heterocycles. The van der Waals surface area contributed by atoms with Crippen LogP contribution < -0.4 is 11.3 Å². The van der Waals surface area contributed by atoms with Crippen LogP contribution in [0.3, 0.4) is 0 Å². The van der Waals surface area contributed by atoms with E-state index >= 15 is 0 Å². The van der Waals surface area contributed by atoms with Gasteiger partial charge < -0.3 is 4.42 Å². The van der Waals surface area contributed by atoms with Crippen LogP contribution in [0.5, 0.6) is 0 Å². The summed E-state index contributed by atoms with van der Waals surface area (Å²) in [6, 6.07) is 4.24. The van der Waals surface area contributed by atoms with Gasteiger partial charge in [0.1, 0.15) is 5.76 Å². The summed E-state index contributed by atoms with van der Waals surface area (Å²) in [6.07, 6.45) is 7.45. The lowest BCUT2D eigenvalue weighted by atomic mass is 10.1. The minimum absolute atomic E-state index is 0.340. The molecule has 1 rings (SSSR count). The summed E-state index contributed by atoms with van der Waals surface area (Å²) in [5, 5.41) is 0. The van der Waals surface area contributed by atoms with Crippen LogP contribution >= 0.6 is 0 Å². The van der Waals surface area contributed by atoms with Crippen LogP contribution in [-0.2, 0) is 6.42 Å². The summed E-state index contributed by atoms with van der Waals surface area (Å²) in [4.78, 5) is 0. The van der Waals surface area contributed by atoms with E-state index < -0.39 is 0 Å². The maximum Gasteiger partial charge on any atom is 0.105 e. The fourth-order valence-corrected chi connectivity index (χ4v) is 1.56. The van der Waals surface area contributed by atoms with Gasteiger partial charge in [-0.05, 0) is 18.6 Å². The molecule has 1 atom stereocenters. The number of hydrogen-bond acceptors (Lipinski definition) is 3. The Kier molecular flexibility index (Phi) is 5.33. The third kappa shape index (κ3) is 3.94. The molecule has 0 aliphatic heterocycles. The van der Waals surface area contributed by atoms with E-state index in [9.17, 15) is 0 Å². The molecule has 3 heteroatoms. The minimum Gasteiger partial charge on any atom is -0.469 e. The van der Waals surface area contributed by atoms with E-state index in [1.54, 1.807) is 6.26 Å². The summed E-state index contributed by atoms with van der Waals surface area (Å²) < 4.78 is 5.28. The van der Waals surface area contributed by atoms with Crippen molar-refractivity contribution in [2.24, 2.45) is 5.84 Å². The Hall–Kier alpha value is -0.800. The van der Waals surface area contributed by atoms with Crippen molar-refractivity contribution in [2.45, 2.75) is 45.1 Å². The molecule has 1 unspecified atom stereocenters. The van der Waals surface area contributed by atoms with Crippen LogP contribution in [0.4, 0.5) is 0 Å². The molecule has 1 aromatic heterocycles. The second-order valence-electron chi connectivity index (χ2n) is 3.64. The second kappa shape index (κ2) is 6.62. The lowest BCUT2D eigenvalue weighted by Crippen LogP contribution is -2.36. The highest BCUT2D eigenvalue weighted by atomic mass is 16.3. The average Bonchev–Trinajstić information content (AvgIpc) is 2.69. The Morgan fingerprint density at radius 3 is 2.93 bits per heavy atom. The number of nitrogens with two attached hydrogens (primary N) is 1. The number of rotatable bonds is 7. The topological polar surface area (TPSA) is 51.2 Å². The van der Waals surface area contributed by atoms with Gasteiger partial charge in [0.25, 0.3) is 0 Å². The molecule has 0 fully saturated rings. The molecule has 1 heterocycles. The van der Waals surface area contributed by atoms with Crippen molar-refractivity contribution in [2.75, 3.05) is 0 Å². The maximum atomic E-state index is 5.48. The molecule has 80 valence electrons. The van der Waals surface area contributed by atoms with Crippen LogP contribution in [0.15, 0.2) is 22.8 Å². The standard InChI is InChI=1S/C11H20N2O/c1-2-3-4-6-10(13-12)9-11-7-5-8-14-11/h5,7-8,10,13H,2-4,6,9,12H2,1H3. The molecule has 0 aliphatic rings. The van der Waals surface area contributed by atoms with Crippen molar-refractivity contribution in [1.29, 1.82) is 0 Å². The lowest BCUT2D eigenvalue weighted by molar-refractivity contribution is 0.418. The van der Waals surface area contributed by atoms with E-state index in [0.717, 1.165) is 18.6 Å². The zero-order valence-electron chi connectivity index (χ0n) is 8.83. The van der Waals surface area contributed by atoms with Gasteiger partial charge in [0.15, 0.2) is 0 Å². The predicted octanol–water partition coefficient (Wildman–Crippen LogP) is 2.23. The lowest BCUT2D eigenvalue weighted by Gasteiger charge is -2.13. The van der Waals surface area contributed by atoms with Crippen molar-refractivity contribution in [3.05, 3.63) is 24.2 Å². The minimum atomic E-state index is 0.340. The number of hydrogen-bond donors (Lipinski definition) is 2. The van der Waals surface area contributed by atoms with Crippen molar-refractivity contribution >= 4 is 0 Å². The van der Waals surface area contributed by atoms with E-state index in [-0.39, 0.29) is 0 Å². The summed E-state index contributed by atoms with van der Waals surface area (Å²) in [5.74, 6) is 6.48. The average molecular weight is 196 g/mol. The highest BCUT2D eigenvalue weighted by Crippen LogP contribution is 2.09. The van der Waals surface area contributed by atoms with Crippen LogP contribution in [0.2, 0.25) is 0 Å².